The Bertz CT molecular complexity index is 850. The number of piperazine rings is 1. The molecule has 1 amide bonds. The van der Waals surface area contributed by atoms with Crippen molar-refractivity contribution in [3.05, 3.63) is 51.8 Å². The molecule has 1 saturated heterocycles. The summed E-state index contributed by atoms with van der Waals surface area (Å²) in [6.07, 6.45) is 1.46. The maximum atomic E-state index is 12.4. The van der Waals surface area contributed by atoms with Crippen molar-refractivity contribution < 1.29 is 13.2 Å². The first-order valence-corrected chi connectivity index (χ1v) is 9.33. The third kappa shape index (κ3) is 3.07. The molecule has 2 aromatic heterocycles. The molecule has 2 aromatic rings. The van der Waals surface area contributed by atoms with Gasteiger partial charge < -0.3 is 9.88 Å². The molecule has 0 aliphatic carbocycles. The zero-order valence-electron chi connectivity index (χ0n) is 12.1. The summed E-state index contributed by atoms with van der Waals surface area (Å²) in [5.74, 6) is -0.375. The predicted molar refractivity (Wildman–Crippen MR) is 86.0 cm³/mol. The number of carbonyl (C=O) groups excluding carboxylic acids is 1. The summed E-state index contributed by atoms with van der Waals surface area (Å²) in [5, 5.41) is 1.72. The third-order valence-electron chi connectivity index (χ3n) is 3.66. The molecule has 1 fully saturated rings. The fourth-order valence-electron chi connectivity index (χ4n) is 2.43. The molecule has 9 heteroatoms. The molecule has 0 radical (unpaired) electrons. The number of nitrogens with one attached hydrogen (secondary N) is 1. The van der Waals surface area contributed by atoms with Gasteiger partial charge in [0.15, 0.2) is 0 Å². The summed E-state index contributed by atoms with van der Waals surface area (Å²) in [7, 11) is -3.49. The quantitative estimate of drug-likeness (QED) is 0.874. The number of pyridine rings is 1. The van der Waals surface area contributed by atoms with Gasteiger partial charge in [0.05, 0.1) is 0 Å². The van der Waals surface area contributed by atoms with E-state index in [-0.39, 0.29) is 37.6 Å². The van der Waals surface area contributed by atoms with Crippen LogP contribution in [0.15, 0.2) is 44.8 Å². The number of aromatic amines is 1. The molecular weight excluding hydrogens is 338 g/mol. The Kier molecular flexibility index (Phi) is 4.33. The lowest BCUT2D eigenvalue weighted by Gasteiger charge is -2.33. The minimum Gasteiger partial charge on any atom is -0.336 e. The topological polar surface area (TPSA) is 90.6 Å². The highest BCUT2D eigenvalue weighted by atomic mass is 32.2. The molecule has 23 heavy (non-hydrogen) atoms. The summed E-state index contributed by atoms with van der Waals surface area (Å²) in [6, 6.07) is 6.32. The van der Waals surface area contributed by atoms with Crippen LogP contribution in [-0.2, 0) is 10.0 Å². The van der Waals surface area contributed by atoms with Crippen molar-refractivity contribution in [1.29, 1.82) is 0 Å². The van der Waals surface area contributed by atoms with Crippen LogP contribution < -0.4 is 5.56 Å². The highest BCUT2D eigenvalue weighted by molar-refractivity contribution is 7.91. The molecule has 7 nitrogen and oxygen atoms in total. The zero-order valence-corrected chi connectivity index (χ0v) is 13.8. The molecule has 0 aromatic carbocycles. The van der Waals surface area contributed by atoms with Gasteiger partial charge in [0, 0.05) is 32.4 Å². The number of amides is 1. The van der Waals surface area contributed by atoms with Gasteiger partial charge in [-0.25, -0.2) is 8.42 Å². The van der Waals surface area contributed by atoms with Crippen molar-refractivity contribution >= 4 is 27.3 Å². The second-order valence-corrected chi connectivity index (χ2v) is 8.15. The van der Waals surface area contributed by atoms with Crippen LogP contribution in [-0.4, -0.2) is 54.7 Å². The van der Waals surface area contributed by atoms with Crippen molar-refractivity contribution in [2.24, 2.45) is 0 Å². The van der Waals surface area contributed by atoms with Gasteiger partial charge in [-0.15, -0.1) is 11.3 Å². The summed E-state index contributed by atoms with van der Waals surface area (Å²) >= 11 is 1.17. The average Bonchev–Trinajstić information content (AvgIpc) is 3.10. The van der Waals surface area contributed by atoms with Crippen molar-refractivity contribution in [2.75, 3.05) is 26.2 Å². The van der Waals surface area contributed by atoms with Crippen LogP contribution >= 0.6 is 11.3 Å². The fraction of sp³-hybridized carbons (Fsp3) is 0.286. The molecule has 0 atom stereocenters. The van der Waals surface area contributed by atoms with E-state index in [2.05, 4.69) is 4.98 Å². The van der Waals surface area contributed by atoms with Crippen LogP contribution in [0.3, 0.4) is 0 Å². The van der Waals surface area contributed by atoms with Crippen LogP contribution in [0.2, 0.25) is 0 Å². The largest absolute Gasteiger partial charge is 0.336 e. The van der Waals surface area contributed by atoms with Gasteiger partial charge in [-0.3, -0.25) is 9.59 Å². The maximum absolute atomic E-state index is 12.4. The molecule has 1 N–H and O–H groups in total. The van der Waals surface area contributed by atoms with E-state index in [1.165, 1.54) is 32.8 Å². The SMILES string of the molecule is O=C(c1ccc[nH]c1=O)N1CCN(S(=O)(=O)c2cccs2)CC1. The monoisotopic (exact) mass is 353 g/mol. The highest BCUT2D eigenvalue weighted by Gasteiger charge is 2.31. The second kappa shape index (κ2) is 6.26. The molecule has 0 saturated carbocycles. The van der Waals surface area contributed by atoms with E-state index in [4.69, 9.17) is 0 Å². The molecule has 3 rings (SSSR count). The molecular formula is C14H15N3O4S2. The van der Waals surface area contributed by atoms with Crippen LogP contribution in [0.5, 0.6) is 0 Å². The fourth-order valence-corrected chi connectivity index (χ4v) is 5.00. The van der Waals surface area contributed by atoms with Gasteiger partial charge >= 0.3 is 0 Å². The molecule has 1 aliphatic heterocycles. The van der Waals surface area contributed by atoms with E-state index in [0.717, 1.165) is 0 Å². The first kappa shape index (κ1) is 15.9. The van der Waals surface area contributed by atoms with Crippen molar-refractivity contribution in [2.45, 2.75) is 4.21 Å². The van der Waals surface area contributed by atoms with E-state index in [0.29, 0.717) is 4.21 Å². The summed E-state index contributed by atoms with van der Waals surface area (Å²) in [6.45, 7) is 0.961. The summed E-state index contributed by atoms with van der Waals surface area (Å²) < 4.78 is 26.5. The first-order chi connectivity index (χ1) is 11.0. The Morgan fingerprint density at radius 1 is 1.13 bits per heavy atom. The minimum absolute atomic E-state index is 0.0714. The second-order valence-electron chi connectivity index (χ2n) is 5.04. The van der Waals surface area contributed by atoms with Crippen LogP contribution in [0.25, 0.3) is 0 Å². The lowest BCUT2D eigenvalue weighted by Crippen LogP contribution is -2.51. The van der Waals surface area contributed by atoms with Crippen LogP contribution in [0, 0.1) is 0 Å². The van der Waals surface area contributed by atoms with Crippen molar-refractivity contribution in [3.63, 3.8) is 0 Å². The zero-order chi connectivity index (χ0) is 16.4. The number of H-pyrrole nitrogens is 1. The number of rotatable bonds is 3. The third-order valence-corrected chi connectivity index (χ3v) is 6.94. The molecule has 122 valence electrons. The molecule has 0 spiro atoms. The number of sulfonamides is 1. The van der Waals surface area contributed by atoms with Gasteiger partial charge in [-0.1, -0.05) is 6.07 Å². The number of aromatic nitrogens is 1. The van der Waals surface area contributed by atoms with E-state index in [1.54, 1.807) is 23.6 Å². The molecule has 0 unspecified atom stereocenters. The number of hydrogen-bond acceptors (Lipinski definition) is 5. The maximum Gasteiger partial charge on any atom is 0.260 e. The Labute approximate surface area is 137 Å². The van der Waals surface area contributed by atoms with Crippen molar-refractivity contribution in [3.8, 4) is 0 Å². The standard InChI is InChI=1S/C14H15N3O4S2/c18-13-11(3-1-5-15-13)14(19)16-6-8-17(9-7-16)23(20,21)12-4-2-10-22-12/h1-5,10H,6-9H2,(H,15,18). The van der Waals surface area contributed by atoms with Gasteiger partial charge in [0.1, 0.15) is 9.77 Å². The Morgan fingerprint density at radius 2 is 1.87 bits per heavy atom. The van der Waals surface area contributed by atoms with Gasteiger partial charge in [-0.05, 0) is 23.6 Å². The lowest BCUT2D eigenvalue weighted by molar-refractivity contribution is 0.0696. The van der Waals surface area contributed by atoms with Gasteiger partial charge in [-0.2, -0.15) is 4.31 Å². The lowest BCUT2D eigenvalue weighted by atomic mass is 10.2. The van der Waals surface area contributed by atoms with Crippen LogP contribution in [0.1, 0.15) is 10.4 Å². The Hall–Kier alpha value is -1.97. The van der Waals surface area contributed by atoms with E-state index in [9.17, 15) is 18.0 Å². The Morgan fingerprint density at radius 3 is 2.48 bits per heavy atom. The summed E-state index contributed by atoms with van der Waals surface area (Å²) in [5.41, 5.74) is -0.367. The van der Waals surface area contributed by atoms with E-state index < -0.39 is 15.6 Å². The normalized spacial score (nSPS) is 16.4. The summed E-state index contributed by atoms with van der Waals surface area (Å²) in [4.78, 5) is 28.0. The van der Waals surface area contributed by atoms with Crippen molar-refractivity contribution in [1.82, 2.24) is 14.2 Å². The minimum atomic E-state index is -3.49. The highest BCUT2D eigenvalue weighted by Crippen LogP contribution is 2.22. The number of thiophene rings is 1. The first-order valence-electron chi connectivity index (χ1n) is 7.01. The molecule has 0 bridgehead atoms. The molecule has 1 aliphatic rings. The van der Waals surface area contributed by atoms with Gasteiger partial charge in [0.2, 0.25) is 0 Å². The number of hydrogen-bond donors (Lipinski definition) is 1. The van der Waals surface area contributed by atoms with Crippen LogP contribution in [0.4, 0.5) is 0 Å². The van der Waals surface area contributed by atoms with Gasteiger partial charge in [0.25, 0.3) is 21.5 Å². The smallest absolute Gasteiger partial charge is 0.260 e. The van der Waals surface area contributed by atoms with E-state index >= 15 is 0 Å². The number of carbonyl (C=O) groups is 1. The number of nitrogens with zero attached hydrogens (tertiary/aromatic N) is 2. The average molecular weight is 353 g/mol. The van der Waals surface area contributed by atoms with E-state index in [1.807, 2.05) is 0 Å². The Balaban J connectivity index is 1.71. The molecule has 3 heterocycles. The predicted octanol–water partition coefficient (Wildman–Crippen LogP) is 0.583.